The summed E-state index contributed by atoms with van der Waals surface area (Å²) in [5.74, 6) is 1.65. The molecule has 0 radical (unpaired) electrons. The predicted octanol–water partition coefficient (Wildman–Crippen LogP) is 3.84. The van der Waals surface area contributed by atoms with E-state index in [0.29, 0.717) is 24.9 Å². The van der Waals surface area contributed by atoms with Crippen LogP contribution in [0.15, 0.2) is 23.0 Å². The summed E-state index contributed by atoms with van der Waals surface area (Å²) in [6.07, 6.45) is 8.26. The van der Waals surface area contributed by atoms with Gasteiger partial charge >= 0.3 is 0 Å². The molecule has 3 aliphatic carbocycles. The van der Waals surface area contributed by atoms with Gasteiger partial charge < -0.3 is 33.5 Å². The van der Waals surface area contributed by atoms with E-state index in [-0.39, 0.29) is 41.5 Å². The molecule has 4 heterocycles. The predicted molar refractivity (Wildman–Crippen MR) is 126 cm³/mol. The molecule has 1 spiro atoms. The molecule has 11 atom stereocenters. The molecule has 7 aliphatic rings. The van der Waals surface area contributed by atoms with E-state index in [1.807, 2.05) is 6.92 Å². The van der Waals surface area contributed by atoms with E-state index in [4.69, 9.17) is 28.4 Å². The van der Waals surface area contributed by atoms with Gasteiger partial charge in [-0.2, -0.15) is 0 Å². The fourth-order valence-corrected chi connectivity index (χ4v) is 8.92. The van der Waals surface area contributed by atoms with Crippen LogP contribution in [0.4, 0.5) is 0 Å². The summed E-state index contributed by atoms with van der Waals surface area (Å²) >= 11 is 0. The molecule has 7 nitrogen and oxygen atoms in total. The van der Waals surface area contributed by atoms with Crippen molar-refractivity contribution in [2.75, 3.05) is 20.3 Å². The summed E-state index contributed by atoms with van der Waals surface area (Å²) in [5.41, 5.74) is 3.25. The van der Waals surface area contributed by atoms with Crippen LogP contribution in [0, 0.1) is 22.7 Å². The van der Waals surface area contributed by atoms with Crippen LogP contribution in [0.1, 0.15) is 65.7 Å². The lowest BCUT2D eigenvalue weighted by molar-refractivity contribution is -0.265. The van der Waals surface area contributed by atoms with Crippen LogP contribution in [0.3, 0.4) is 0 Å². The second kappa shape index (κ2) is 7.78. The lowest BCUT2D eigenvalue weighted by Gasteiger charge is -2.52. The minimum atomic E-state index is -0.608. The molecule has 194 valence electrons. The SMILES string of the molecule is CO[C@@H]1CC(O[C@H]2CC[C@@]3(C)C(=CCC4=C5O[C@@H]6CO[C@]7(C)OC[C@@]5(CC[C@@H]43)[C@H]67)C2)O[C@H](C)[C@H]1O. The van der Waals surface area contributed by atoms with Gasteiger partial charge in [-0.05, 0) is 69.3 Å². The van der Waals surface area contributed by atoms with Crippen molar-refractivity contribution in [1.82, 2.24) is 0 Å². The Balaban J connectivity index is 1.11. The first kappa shape index (κ1) is 23.2. The quantitative estimate of drug-likeness (QED) is 0.605. The van der Waals surface area contributed by atoms with Gasteiger partial charge in [0.2, 0.25) is 0 Å². The molecule has 0 aromatic carbocycles. The maximum Gasteiger partial charge on any atom is 0.173 e. The van der Waals surface area contributed by atoms with Crippen LogP contribution in [-0.4, -0.2) is 68.0 Å². The van der Waals surface area contributed by atoms with E-state index < -0.39 is 11.9 Å². The third kappa shape index (κ3) is 3.12. The maximum absolute atomic E-state index is 10.3. The number of ether oxygens (including phenoxy) is 6. The number of hydrogen-bond acceptors (Lipinski definition) is 7. The van der Waals surface area contributed by atoms with E-state index in [1.54, 1.807) is 12.7 Å². The second-order valence-electron chi connectivity index (χ2n) is 12.5. The molecule has 7 rings (SSSR count). The third-order valence-corrected chi connectivity index (χ3v) is 10.8. The summed E-state index contributed by atoms with van der Waals surface area (Å²) < 4.78 is 37.0. The fourth-order valence-electron chi connectivity index (χ4n) is 8.92. The zero-order valence-corrected chi connectivity index (χ0v) is 21.5. The van der Waals surface area contributed by atoms with Crippen LogP contribution in [-0.2, 0) is 28.4 Å². The molecule has 35 heavy (non-hydrogen) atoms. The number of aliphatic hydroxyl groups excluding tert-OH is 1. The standard InChI is InChI=1S/C28H40O7/c1-15-23(29)20(30-4)12-22(33-15)34-17-7-9-26(2)16(11-17)5-6-18-19(26)8-10-28-14-32-27(3)24(28)21(13-31-27)35-25(18)28/h5,15,17,19-24,29H,6-14H2,1-4H3/t15-,17+,19+,20-,21-,22?,23-,24-,26+,27-,28+/m1/s1. The smallest absolute Gasteiger partial charge is 0.173 e. The molecular weight excluding hydrogens is 448 g/mol. The van der Waals surface area contributed by atoms with Gasteiger partial charge in [-0.15, -0.1) is 0 Å². The highest BCUT2D eigenvalue weighted by Crippen LogP contribution is 2.68. The normalized spacial score (nSPS) is 54.5. The molecule has 0 aromatic rings. The van der Waals surface area contributed by atoms with Crippen molar-refractivity contribution in [2.24, 2.45) is 22.7 Å². The van der Waals surface area contributed by atoms with Crippen LogP contribution in [0.2, 0.25) is 0 Å². The van der Waals surface area contributed by atoms with Gasteiger partial charge in [-0.3, -0.25) is 0 Å². The number of allylic oxidation sites excluding steroid dienone is 2. The molecule has 0 aromatic heterocycles. The number of rotatable bonds is 3. The van der Waals surface area contributed by atoms with Gasteiger partial charge in [0, 0.05) is 13.5 Å². The molecule has 4 aliphatic heterocycles. The van der Waals surface area contributed by atoms with Gasteiger partial charge in [-0.25, -0.2) is 0 Å². The molecule has 1 saturated carbocycles. The molecule has 1 unspecified atom stereocenters. The van der Waals surface area contributed by atoms with E-state index in [9.17, 15) is 5.11 Å². The number of methoxy groups -OCH3 is 1. The topological polar surface area (TPSA) is 75.6 Å². The van der Waals surface area contributed by atoms with Gasteiger partial charge in [0.1, 0.15) is 18.0 Å². The number of aliphatic hydroxyl groups is 1. The molecule has 5 fully saturated rings. The lowest BCUT2D eigenvalue weighted by atomic mass is 9.52. The maximum atomic E-state index is 10.3. The summed E-state index contributed by atoms with van der Waals surface area (Å²) in [6, 6.07) is 0. The van der Waals surface area contributed by atoms with Crippen molar-refractivity contribution in [1.29, 1.82) is 0 Å². The van der Waals surface area contributed by atoms with Gasteiger partial charge in [0.05, 0.1) is 42.9 Å². The zero-order chi connectivity index (χ0) is 24.2. The van der Waals surface area contributed by atoms with Crippen LogP contribution >= 0.6 is 0 Å². The Kier molecular flexibility index (Phi) is 5.15. The van der Waals surface area contributed by atoms with Crippen molar-refractivity contribution in [3.63, 3.8) is 0 Å². The lowest BCUT2D eigenvalue weighted by Crippen LogP contribution is -2.50. The van der Waals surface area contributed by atoms with Crippen molar-refractivity contribution in [3.8, 4) is 0 Å². The average Bonchev–Trinajstić information content (AvgIpc) is 3.46. The zero-order valence-electron chi connectivity index (χ0n) is 21.5. The minimum Gasteiger partial charge on any atom is -0.491 e. The Bertz CT molecular complexity index is 961. The Hall–Kier alpha value is -0.960. The number of fused-ring (bicyclic) bond motifs is 3. The molecule has 1 N–H and O–H groups in total. The van der Waals surface area contributed by atoms with Crippen LogP contribution in [0.25, 0.3) is 0 Å². The highest BCUT2D eigenvalue weighted by atomic mass is 16.7. The molecule has 0 amide bonds. The first-order valence-corrected chi connectivity index (χ1v) is 13.7. The van der Waals surface area contributed by atoms with Gasteiger partial charge in [0.15, 0.2) is 12.1 Å². The summed E-state index contributed by atoms with van der Waals surface area (Å²) in [7, 11) is 1.65. The Morgan fingerprint density at radius 2 is 2.00 bits per heavy atom. The molecular formula is C28H40O7. The first-order chi connectivity index (χ1) is 16.8. The second-order valence-corrected chi connectivity index (χ2v) is 12.5. The third-order valence-electron chi connectivity index (χ3n) is 10.8. The van der Waals surface area contributed by atoms with Crippen molar-refractivity contribution >= 4 is 0 Å². The van der Waals surface area contributed by atoms with E-state index in [2.05, 4.69) is 19.9 Å². The highest BCUT2D eigenvalue weighted by Gasteiger charge is 2.72. The minimum absolute atomic E-state index is 0.0151. The molecule has 7 heteroatoms. The Morgan fingerprint density at radius 1 is 1.14 bits per heavy atom. The van der Waals surface area contributed by atoms with E-state index in [1.165, 1.54) is 17.8 Å². The van der Waals surface area contributed by atoms with Crippen LogP contribution < -0.4 is 0 Å². The summed E-state index contributed by atoms with van der Waals surface area (Å²) in [6.45, 7) is 7.86. The monoisotopic (exact) mass is 488 g/mol. The van der Waals surface area contributed by atoms with Crippen molar-refractivity contribution in [2.45, 2.75) is 108 Å². The van der Waals surface area contributed by atoms with E-state index in [0.717, 1.165) is 38.7 Å². The first-order valence-electron chi connectivity index (χ1n) is 13.7. The largest absolute Gasteiger partial charge is 0.491 e. The van der Waals surface area contributed by atoms with Crippen LogP contribution in [0.5, 0.6) is 0 Å². The van der Waals surface area contributed by atoms with E-state index >= 15 is 0 Å². The Labute approximate surface area is 208 Å². The van der Waals surface area contributed by atoms with Crippen molar-refractivity contribution in [3.05, 3.63) is 23.0 Å². The molecule has 0 bridgehead atoms. The van der Waals surface area contributed by atoms with Gasteiger partial charge in [0.25, 0.3) is 0 Å². The number of hydrogen-bond donors (Lipinski definition) is 1. The van der Waals surface area contributed by atoms with Crippen molar-refractivity contribution < 1.29 is 33.5 Å². The molecule has 4 saturated heterocycles. The summed E-state index contributed by atoms with van der Waals surface area (Å²) in [5, 5.41) is 10.3. The highest BCUT2D eigenvalue weighted by molar-refractivity contribution is 5.40. The Morgan fingerprint density at radius 3 is 2.83 bits per heavy atom. The average molecular weight is 489 g/mol. The fraction of sp³-hybridized carbons (Fsp3) is 0.857. The summed E-state index contributed by atoms with van der Waals surface area (Å²) in [4.78, 5) is 0. The van der Waals surface area contributed by atoms with Gasteiger partial charge in [-0.1, -0.05) is 18.6 Å².